The third-order valence-corrected chi connectivity index (χ3v) is 4.81. The summed E-state index contributed by atoms with van der Waals surface area (Å²) in [5, 5.41) is 0.754. The van der Waals surface area contributed by atoms with Gasteiger partial charge in [-0.15, -0.1) is 0 Å². The van der Waals surface area contributed by atoms with E-state index in [1.807, 2.05) is 17.0 Å². The van der Waals surface area contributed by atoms with Gasteiger partial charge in [-0.1, -0.05) is 17.7 Å². The topological polar surface area (TPSA) is 42.4 Å². The van der Waals surface area contributed by atoms with Crippen molar-refractivity contribution in [3.8, 4) is 5.88 Å². The fraction of sp³-hybridized carbons (Fsp3) is 0.368. The first-order valence-corrected chi connectivity index (χ1v) is 8.51. The first kappa shape index (κ1) is 16.8. The van der Waals surface area contributed by atoms with Gasteiger partial charge in [0.2, 0.25) is 5.88 Å². The van der Waals surface area contributed by atoms with Crippen molar-refractivity contribution in [2.24, 2.45) is 0 Å². The summed E-state index contributed by atoms with van der Waals surface area (Å²) in [5.74, 6) is 0.846. The number of carbonyl (C=O) groups is 1. The number of aryl methyl sites for hydroxylation is 1. The number of hydrogen-bond donors (Lipinski definition) is 0. The summed E-state index contributed by atoms with van der Waals surface area (Å²) >= 11 is 6.06. The van der Waals surface area contributed by atoms with Crippen LogP contribution >= 0.6 is 11.6 Å². The standard InChI is InChI=1S/C19H21ClN2O2/c1-13-10-16(20)5-6-17(13)15-4-3-9-22(12-15)19(23)14-7-8-21-18(11-14)24-2/h5-8,10-11,15H,3-4,9,12H2,1-2H3. The Morgan fingerprint density at radius 2 is 2.17 bits per heavy atom. The average Bonchev–Trinajstić information content (AvgIpc) is 2.61. The summed E-state index contributed by atoms with van der Waals surface area (Å²) in [7, 11) is 1.55. The molecule has 0 saturated carbocycles. The van der Waals surface area contributed by atoms with Crippen molar-refractivity contribution in [2.75, 3.05) is 20.2 Å². The normalized spacial score (nSPS) is 17.6. The molecule has 0 N–H and O–H groups in total. The monoisotopic (exact) mass is 344 g/mol. The predicted octanol–water partition coefficient (Wildman–Crippen LogP) is 4.07. The maximum Gasteiger partial charge on any atom is 0.254 e. The molecule has 1 aliphatic rings. The number of carbonyl (C=O) groups excluding carboxylic acids is 1. The quantitative estimate of drug-likeness (QED) is 0.842. The first-order chi connectivity index (χ1) is 11.6. The molecule has 5 heteroatoms. The lowest BCUT2D eigenvalue weighted by molar-refractivity contribution is 0.0706. The Labute approximate surface area is 147 Å². The molecule has 24 heavy (non-hydrogen) atoms. The molecule has 0 radical (unpaired) electrons. The van der Waals surface area contributed by atoms with Gasteiger partial charge in [0.05, 0.1) is 7.11 Å². The minimum atomic E-state index is 0.0343. The molecule has 0 aliphatic carbocycles. The van der Waals surface area contributed by atoms with Gasteiger partial charge in [0, 0.05) is 41.9 Å². The molecule has 4 nitrogen and oxygen atoms in total. The number of likely N-dealkylation sites (tertiary alicyclic amines) is 1. The Morgan fingerprint density at radius 3 is 2.92 bits per heavy atom. The lowest BCUT2D eigenvalue weighted by Gasteiger charge is -2.33. The number of rotatable bonds is 3. The van der Waals surface area contributed by atoms with Crippen LogP contribution in [0.5, 0.6) is 5.88 Å². The minimum absolute atomic E-state index is 0.0343. The Balaban J connectivity index is 1.78. The molecule has 2 heterocycles. The van der Waals surface area contributed by atoms with E-state index in [-0.39, 0.29) is 5.91 Å². The van der Waals surface area contributed by atoms with Crippen LogP contribution in [0.15, 0.2) is 36.5 Å². The van der Waals surface area contributed by atoms with E-state index in [0.717, 1.165) is 31.0 Å². The van der Waals surface area contributed by atoms with Crippen LogP contribution in [0.4, 0.5) is 0 Å². The van der Waals surface area contributed by atoms with E-state index in [1.165, 1.54) is 11.1 Å². The third kappa shape index (κ3) is 3.54. The smallest absolute Gasteiger partial charge is 0.254 e. The second-order valence-electron chi connectivity index (χ2n) is 6.18. The van der Waals surface area contributed by atoms with Crippen molar-refractivity contribution in [2.45, 2.75) is 25.7 Å². The van der Waals surface area contributed by atoms with Gasteiger partial charge in [0.15, 0.2) is 0 Å². The number of aromatic nitrogens is 1. The Kier molecular flexibility index (Phi) is 5.05. The molecule has 0 bridgehead atoms. The van der Waals surface area contributed by atoms with Crippen LogP contribution in [-0.4, -0.2) is 36.0 Å². The molecule has 1 saturated heterocycles. The van der Waals surface area contributed by atoms with Crippen LogP contribution in [-0.2, 0) is 0 Å². The lowest BCUT2D eigenvalue weighted by atomic mass is 9.88. The zero-order chi connectivity index (χ0) is 17.1. The highest BCUT2D eigenvalue weighted by Crippen LogP contribution is 2.31. The van der Waals surface area contributed by atoms with Crippen molar-refractivity contribution >= 4 is 17.5 Å². The Morgan fingerprint density at radius 1 is 1.33 bits per heavy atom. The van der Waals surface area contributed by atoms with E-state index in [0.29, 0.717) is 17.4 Å². The summed E-state index contributed by atoms with van der Waals surface area (Å²) in [4.78, 5) is 18.8. The molecule has 1 aromatic heterocycles. The molecule has 0 spiro atoms. The van der Waals surface area contributed by atoms with Crippen molar-refractivity contribution in [3.63, 3.8) is 0 Å². The molecule has 1 unspecified atom stereocenters. The van der Waals surface area contributed by atoms with Crippen LogP contribution in [0.25, 0.3) is 0 Å². The Hall–Kier alpha value is -2.07. The molecule has 1 amide bonds. The van der Waals surface area contributed by atoms with Gasteiger partial charge in [-0.3, -0.25) is 4.79 Å². The lowest BCUT2D eigenvalue weighted by Crippen LogP contribution is -2.39. The van der Waals surface area contributed by atoms with Crippen LogP contribution < -0.4 is 4.74 Å². The van der Waals surface area contributed by atoms with Gasteiger partial charge in [0.1, 0.15) is 0 Å². The molecule has 1 atom stereocenters. The number of hydrogen-bond acceptors (Lipinski definition) is 3. The van der Waals surface area contributed by atoms with Crippen molar-refractivity contribution < 1.29 is 9.53 Å². The fourth-order valence-electron chi connectivity index (χ4n) is 3.35. The predicted molar refractivity (Wildman–Crippen MR) is 94.9 cm³/mol. The van der Waals surface area contributed by atoms with Crippen LogP contribution in [0.3, 0.4) is 0 Å². The van der Waals surface area contributed by atoms with Gasteiger partial charge in [-0.05, 0) is 49.1 Å². The second kappa shape index (κ2) is 7.22. The third-order valence-electron chi connectivity index (χ3n) is 4.57. The fourth-order valence-corrected chi connectivity index (χ4v) is 3.58. The summed E-state index contributed by atoms with van der Waals surface area (Å²) in [5.41, 5.74) is 3.09. The number of ether oxygens (including phenoxy) is 1. The van der Waals surface area contributed by atoms with Gasteiger partial charge >= 0.3 is 0 Å². The zero-order valence-corrected chi connectivity index (χ0v) is 14.7. The number of piperidine rings is 1. The SMILES string of the molecule is COc1cc(C(=O)N2CCCC(c3ccc(Cl)cc3C)C2)ccn1. The highest BCUT2D eigenvalue weighted by Gasteiger charge is 2.26. The molecule has 126 valence electrons. The molecule has 3 rings (SSSR count). The highest BCUT2D eigenvalue weighted by atomic mass is 35.5. The van der Waals surface area contributed by atoms with Crippen LogP contribution in [0, 0.1) is 6.92 Å². The van der Waals surface area contributed by atoms with E-state index in [2.05, 4.69) is 18.0 Å². The van der Waals surface area contributed by atoms with Gasteiger partial charge in [-0.2, -0.15) is 0 Å². The molecule has 2 aromatic rings. The summed E-state index contributed by atoms with van der Waals surface area (Å²) in [6.45, 7) is 3.59. The minimum Gasteiger partial charge on any atom is -0.481 e. The zero-order valence-electron chi connectivity index (χ0n) is 14.0. The molecular formula is C19H21ClN2O2. The first-order valence-electron chi connectivity index (χ1n) is 8.14. The van der Waals surface area contributed by atoms with Gasteiger partial charge in [0.25, 0.3) is 5.91 Å². The molecular weight excluding hydrogens is 324 g/mol. The molecule has 1 aliphatic heterocycles. The maximum atomic E-state index is 12.8. The van der Waals surface area contributed by atoms with Gasteiger partial charge in [-0.25, -0.2) is 4.98 Å². The van der Waals surface area contributed by atoms with E-state index in [9.17, 15) is 4.79 Å². The Bertz CT molecular complexity index is 748. The number of pyridine rings is 1. The van der Waals surface area contributed by atoms with E-state index in [1.54, 1.807) is 25.4 Å². The van der Waals surface area contributed by atoms with Crippen LogP contribution in [0.1, 0.15) is 40.2 Å². The van der Waals surface area contributed by atoms with E-state index < -0.39 is 0 Å². The number of halogens is 1. The van der Waals surface area contributed by atoms with E-state index in [4.69, 9.17) is 16.3 Å². The summed E-state index contributed by atoms with van der Waals surface area (Å²) in [6.07, 6.45) is 3.70. The summed E-state index contributed by atoms with van der Waals surface area (Å²) < 4.78 is 5.12. The summed E-state index contributed by atoms with van der Waals surface area (Å²) in [6, 6.07) is 9.44. The average molecular weight is 345 g/mol. The van der Waals surface area contributed by atoms with E-state index >= 15 is 0 Å². The number of nitrogens with zero attached hydrogens (tertiary/aromatic N) is 2. The van der Waals surface area contributed by atoms with Crippen molar-refractivity contribution in [1.82, 2.24) is 9.88 Å². The molecule has 1 aromatic carbocycles. The largest absolute Gasteiger partial charge is 0.481 e. The van der Waals surface area contributed by atoms with Crippen molar-refractivity contribution in [1.29, 1.82) is 0 Å². The van der Waals surface area contributed by atoms with Gasteiger partial charge < -0.3 is 9.64 Å². The van der Waals surface area contributed by atoms with Crippen LogP contribution in [0.2, 0.25) is 5.02 Å². The van der Waals surface area contributed by atoms with Crippen molar-refractivity contribution in [3.05, 3.63) is 58.2 Å². The second-order valence-corrected chi connectivity index (χ2v) is 6.61. The molecule has 1 fully saturated rings. The number of benzene rings is 1. The number of amides is 1. The number of methoxy groups -OCH3 is 1. The maximum absolute atomic E-state index is 12.8. The highest BCUT2D eigenvalue weighted by molar-refractivity contribution is 6.30.